The quantitative estimate of drug-likeness (QED) is 0.627. The van der Waals surface area contributed by atoms with E-state index in [9.17, 15) is 14.4 Å². The van der Waals surface area contributed by atoms with E-state index in [0.717, 1.165) is 5.56 Å². The summed E-state index contributed by atoms with van der Waals surface area (Å²) in [4.78, 5) is 33.9. The summed E-state index contributed by atoms with van der Waals surface area (Å²) in [6.07, 6.45) is 0. The van der Waals surface area contributed by atoms with Crippen LogP contribution in [0.1, 0.15) is 26.3 Å². The van der Waals surface area contributed by atoms with E-state index < -0.39 is 12.1 Å². The summed E-state index contributed by atoms with van der Waals surface area (Å²) in [6, 6.07) is 5.72. The van der Waals surface area contributed by atoms with Gasteiger partial charge in [-0.3, -0.25) is 9.59 Å². The van der Waals surface area contributed by atoms with Gasteiger partial charge in [0.15, 0.2) is 0 Å². The van der Waals surface area contributed by atoms with E-state index >= 15 is 0 Å². The number of hydrogen-bond acceptors (Lipinski definition) is 3. The number of carbonyl (C=O) groups is 3. The summed E-state index contributed by atoms with van der Waals surface area (Å²) < 4.78 is 0. The van der Waals surface area contributed by atoms with Crippen LogP contribution in [0.5, 0.6) is 0 Å². The summed E-state index contributed by atoms with van der Waals surface area (Å²) >= 11 is 0. The first-order valence-electron chi connectivity index (χ1n) is 6.99. The lowest BCUT2D eigenvalue weighted by atomic mass is 10.0. The fourth-order valence-electron chi connectivity index (χ4n) is 1.90. The lowest BCUT2D eigenvalue weighted by Gasteiger charge is -2.20. The zero-order chi connectivity index (χ0) is 16.7. The number of anilines is 1. The largest absolute Gasteiger partial charge is 0.352 e. The van der Waals surface area contributed by atoms with Gasteiger partial charge < -0.3 is 21.7 Å². The second-order valence-electron chi connectivity index (χ2n) is 5.33. The van der Waals surface area contributed by atoms with Crippen molar-refractivity contribution in [3.8, 4) is 0 Å². The molecule has 22 heavy (non-hydrogen) atoms. The summed E-state index contributed by atoms with van der Waals surface area (Å²) in [5.74, 6) is -0.507. The molecule has 0 radical (unpaired) electrons. The SMILES string of the molecule is CC(=O)Nc1ccc(CNC(=O)[C@H](NC(N)=O)C(C)C)cc1. The predicted octanol–water partition coefficient (Wildman–Crippen LogP) is 0.954. The molecule has 5 N–H and O–H groups in total. The third kappa shape index (κ3) is 5.82. The van der Waals surface area contributed by atoms with Crippen molar-refractivity contribution in [2.75, 3.05) is 5.32 Å². The fourth-order valence-corrected chi connectivity index (χ4v) is 1.90. The highest BCUT2D eigenvalue weighted by atomic mass is 16.2. The Bertz CT molecular complexity index is 540. The Hall–Kier alpha value is -2.57. The predicted molar refractivity (Wildman–Crippen MR) is 83.9 cm³/mol. The van der Waals surface area contributed by atoms with Crippen LogP contribution in [0.15, 0.2) is 24.3 Å². The van der Waals surface area contributed by atoms with E-state index in [1.54, 1.807) is 24.3 Å². The van der Waals surface area contributed by atoms with Crippen LogP contribution in [0.25, 0.3) is 0 Å². The van der Waals surface area contributed by atoms with Crippen molar-refractivity contribution in [2.24, 2.45) is 11.7 Å². The van der Waals surface area contributed by atoms with Gasteiger partial charge in [0.25, 0.3) is 0 Å². The number of nitrogens with one attached hydrogen (secondary N) is 3. The molecule has 0 saturated carbocycles. The highest BCUT2D eigenvalue weighted by molar-refractivity contribution is 5.88. The number of urea groups is 1. The highest BCUT2D eigenvalue weighted by Crippen LogP contribution is 2.09. The Labute approximate surface area is 129 Å². The van der Waals surface area contributed by atoms with Gasteiger partial charge in [0, 0.05) is 19.2 Å². The third-order valence-corrected chi connectivity index (χ3v) is 2.99. The second-order valence-corrected chi connectivity index (χ2v) is 5.33. The molecule has 1 aromatic carbocycles. The molecule has 0 aliphatic heterocycles. The maximum atomic E-state index is 12.1. The van der Waals surface area contributed by atoms with Crippen molar-refractivity contribution in [3.05, 3.63) is 29.8 Å². The molecule has 0 saturated heterocycles. The molecule has 0 spiro atoms. The first-order valence-corrected chi connectivity index (χ1v) is 6.99. The molecular formula is C15H22N4O3. The van der Waals surface area contributed by atoms with Crippen LogP contribution in [0, 0.1) is 5.92 Å². The molecule has 0 fully saturated rings. The van der Waals surface area contributed by atoms with Gasteiger partial charge in [-0.15, -0.1) is 0 Å². The molecule has 120 valence electrons. The molecule has 0 aliphatic carbocycles. The van der Waals surface area contributed by atoms with Gasteiger partial charge in [-0.25, -0.2) is 4.79 Å². The summed E-state index contributed by atoms with van der Waals surface area (Å²) in [5, 5.41) is 7.84. The molecule has 0 unspecified atom stereocenters. The Morgan fingerprint density at radius 2 is 1.73 bits per heavy atom. The molecule has 1 atom stereocenters. The molecule has 1 aromatic rings. The molecule has 1 rings (SSSR count). The van der Waals surface area contributed by atoms with Gasteiger partial charge in [-0.2, -0.15) is 0 Å². The number of rotatable bonds is 6. The molecule has 7 nitrogen and oxygen atoms in total. The zero-order valence-corrected chi connectivity index (χ0v) is 13.0. The maximum Gasteiger partial charge on any atom is 0.312 e. The van der Waals surface area contributed by atoms with Gasteiger partial charge in [0.2, 0.25) is 11.8 Å². The van der Waals surface area contributed by atoms with Crippen LogP contribution in [-0.4, -0.2) is 23.9 Å². The van der Waals surface area contributed by atoms with Crippen molar-refractivity contribution >= 4 is 23.5 Å². The van der Waals surface area contributed by atoms with Gasteiger partial charge in [0.1, 0.15) is 6.04 Å². The molecule has 0 aromatic heterocycles. The summed E-state index contributed by atoms with van der Waals surface area (Å²) in [7, 11) is 0. The first kappa shape index (κ1) is 17.5. The molecule has 0 aliphatic rings. The summed E-state index contributed by atoms with van der Waals surface area (Å²) in [6.45, 7) is 5.40. The first-order chi connectivity index (χ1) is 10.3. The minimum Gasteiger partial charge on any atom is -0.352 e. The number of benzene rings is 1. The van der Waals surface area contributed by atoms with E-state index in [-0.39, 0.29) is 17.7 Å². The number of carbonyl (C=O) groups excluding carboxylic acids is 3. The van der Waals surface area contributed by atoms with Gasteiger partial charge >= 0.3 is 6.03 Å². The number of amides is 4. The minimum absolute atomic E-state index is 0.0744. The van der Waals surface area contributed by atoms with Crippen molar-refractivity contribution < 1.29 is 14.4 Å². The topological polar surface area (TPSA) is 113 Å². The van der Waals surface area contributed by atoms with Gasteiger partial charge in [-0.1, -0.05) is 26.0 Å². The lowest BCUT2D eigenvalue weighted by Crippen LogP contribution is -2.51. The number of primary amides is 1. The second kappa shape index (κ2) is 8.02. The average molecular weight is 306 g/mol. The van der Waals surface area contributed by atoms with Crippen molar-refractivity contribution in [2.45, 2.75) is 33.4 Å². The molecule has 7 heteroatoms. The van der Waals surface area contributed by atoms with Crippen molar-refractivity contribution in [1.29, 1.82) is 0 Å². The van der Waals surface area contributed by atoms with Crippen LogP contribution in [0.2, 0.25) is 0 Å². The van der Waals surface area contributed by atoms with Crippen LogP contribution in [-0.2, 0) is 16.1 Å². The average Bonchev–Trinajstić information content (AvgIpc) is 2.42. The number of hydrogen-bond donors (Lipinski definition) is 4. The zero-order valence-electron chi connectivity index (χ0n) is 13.0. The Morgan fingerprint density at radius 1 is 1.14 bits per heavy atom. The minimum atomic E-state index is -0.728. The Balaban J connectivity index is 2.58. The monoisotopic (exact) mass is 306 g/mol. The van der Waals surface area contributed by atoms with Crippen LogP contribution in [0.4, 0.5) is 10.5 Å². The van der Waals surface area contributed by atoms with E-state index in [4.69, 9.17) is 5.73 Å². The van der Waals surface area contributed by atoms with Gasteiger partial charge in [-0.05, 0) is 23.6 Å². The highest BCUT2D eigenvalue weighted by Gasteiger charge is 2.22. The smallest absolute Gasteiger partial charge is 0.312 e. The van der Waals surface area contributed by atoms with E-state index in [1.807, 2.05) is 13.8 Å². The van der Waals surface area contributed by atoms with E-state index in [1.165, 1.54) is 6.92 Å². The van der Waals surface area contributed by atoms with Crippen LogP contribution in [0.3, 0.4) is 0 Å². The van der Waals surface area contributed by atoms with Crippen LogP contribution < -0.4 is 21.7 Å². The molecule has 0 bridgehead atoms. The van der Waals surface area contributed by atoms with E-state index in [0.29, 0.717) is 12.2 Å². The fraction of sp³-hybridized carbons (Fsp3) is 0.400. The number of nitrogens with two attached hydrogens (primary N) is 1. The standard InChI is InChI=1S/C15H22N4O3/c1-9(2)13(19-15(16)22)14(21)17-8-11-4-6-12(7-5-11)18-10(3)20/h4-7,9,13H,8H2,1-3H3,(H,17,21)(H,18,20)(H3,16,19,22)/t13-/m1/s1. The normalized spacial score (nSPS) is 11.6. The van der Waals surface area contributed by atoms with Crippen LogP contribution >= 0.6 is 0 Å². The lowest BCUT2D eigenvalue weighted by molar-refractivity contribution is -0.124. The van der Waals surface area contributed by atoms with Crippen molar-refractivity contribution in [3.63, 3.8) is 0 Å². The maximum absolute atomic E-state index is 12.1. The molecular weight excluding hydrogens is 284 g/mol. The van der Waals surface area contributed by atoms with Crippen molar-refractivity contribution in [1.82, 2.24) is 10.6 Å². The molecule has 4 amide bonds. The third-order valence-electron chi connectivity index (χ3n) is 2.99. The Morgan fingerprint density at radius 3 is 2.18 bits per heavy atom. The Kier molecular flexibility index (Phi) is 6.37. The summed E-state index contributed by atoms with van der Waals surface area (Å²) in [5.41, 5.74) is 6.64. The molecule has 0 heterocycles. The van der Waals surface area contributed by atoms with E-state index in [2.05, 4.69) is 16.0 Å². The van der Waals surface area contributed by atoms with Gasteiger partial charge in [0.05, 0.1) is 0 Å².